The van der Waals surface area contributed by atoms with Crippen molar-refractivity contribution in [3.63, 3.8) is 0 Å². The van der Waals surface area contributed by atoms with Crippen LogP contribution >= 0.6 is 0 Å². The fourth-order valence-electron chi connectivity index (χ4n) is 5.24. The van der Waals surface area contributed by atoms with Gasteiger partial charge in [0.15, 0.2) is 0 Å². The number of rotatable bonds is 8. The van der Waals surface area contributed by atoms with Gasteiger partial charge in [-0.25, -0.2) is 0 Å². The number of hydrogen-bond donors (Lipinski definition) is 0. The average Bonchev–Trinajstić information content (AvgIpc) is 2.92. The second-order valence-electron chi connectivity index (χ2n) is 9.69. The second-order valence-corrected chi connectivity index (χ2v) is 18.1. The molecule has 4 rings (SSSR count). The van der Waals surface area contributed by atoms with Crippen molar-refractivity contribution in [3.05, 3.63) is 132 Å². The molecular weight excluding hydrogens is 457 g/mol. The molecule has 0 amide bonds. The molecule has 1 nitrogen and oxygen atoms in total. The molecule has 1 atom stereocenters. The molecule has 0 spiro atoms. The molecule has 0 aliphatic carbocycles. The normalized spacial score (nSPS) is 12.6. The van der Waals surface area contributed by atoms with Crippen LogP contribution in [0.1, 0.15) is 13.8 Å². The maximum absolute atomic E-state index is 12.7. The molecule has 0 saturated heterocycles. The zero-order valence-corrected chi connectivity index (χ0v) is 23.1. The van der Waals surface area contributed by atoms with E-state index in [9.17, 15) is 4.79 Å². The molecule has 0 bridgehead atoms. The van der Waals surface area contributed by atoms with Crippen molar-refractivity contribution in [3.8, 4) is 0 Å². The number of allylic oxidation sites excluding steroid dienone is 1. The Morgan fingerprint density at radius 3 is 1.06 bits per heavy atom. The Kier molecular flexibility index (Phi) is 7.49. The first kappa shape index (κ1) is 24.8. The third-order valence-electron chi connectivity index (χ3n) is 7.54. The zero-order chi connectivity index (χ0) is 24.9. The van der Waals surface area contributed by atoms with Crippen LogP contribution in [0.5, 0.6) is 0 Å². The minimum absolute atomic E-state index is 0.150. The van der Waals surface area contributed by atoms with Gasteiger partial charge in [-0.05, 0) is 6.92 Å². The van der Waals surface area contributed by atoms with Crippen LogP contribution in [-0.4, -0.2) is 21.9 Å². The predicted octanol–water partition coefficient (Wildman–Crippen LogP) is 5.00. The summed E-state index contributed by atoms with van der Waals surface area (Å²) < 4.78 is 0. The first-order valence-electron chi connectivity index (χ1n) is 12.3. The Balaban J connectivity index is 2.14. The third-order valence-corrected chi connectivity index (χ3v) is 19.0. The van der Waals surface area contributed by atoms with Gasteiger partial charge >= 0.3 is 0 Å². The number of benzene rings is 4. The van der Waals surface area contributed by atoms with E-state index in [1.54, 1.807) is 6.92 Å². The van der Waals surface area contributed by atoms with Crippen molar-refractivity contribution in [1.29, 1.82) is 0 Å². The summed E-state index contributed by atoms with van der Waals surface area (Å²) in [5.74, 6) is 0.0564. The Hall–Kier alpha value is -3.28. The summed E-state index contributed by atoms with van der Waals surface area (Å²) in [5, 5.41) is 5.50. The quantitative estimate of drug-likeness (QED) is 0.318. The summed E-state index contributed by atoms with van der Waals surface area (Å²) in [7, 11) is -4.94. The van der Waals surface area contributed by atoms with Gasteiger partial charge in [-0.15, -0.1) is 0 Å². The van der Waals surface area contributed by atoms with Crippen molar-refractivity contribution < 1.29 is 4.79 Å². The van der Waals surface area contributed by atoms with Crippen molar-refractivity contribution in [2.45, 2.75) is 26.9 Å². The largest absolute Gasteiger partial charge is 0.299 e. The number of carbonyl (C=O) groups is 1. The maximum atomic E-state index is 12.7. The third kappa shape index (κ3) is 4.79. The van der Waals surface area contributed by atoms with E-state index in [1.165, 1.54) is 25.6 Å². The topological polar surface area (TPSA) is 17.1 Å². The first-order valence-corrected chi connectivity index (χ1v) is 17.3. The molecule has 3 heteroatoms. The highest BCUT2D eigenvalue weighted by atomic mass is 28.4. The van der Waals surface area contributed by atoms with Crippen LogP contribution < -0.4 is 20.7 Å². The lowest BCUT2D eigenvalue weighted by molar-refractivity contribution is -0.118. The Bertz CT molecular complexity index is 1110. The predicted molar refractivity (Wildman–Crippen MR) is 155 cm³/mol. The van der Waals surface area contributed by atoms with Gasteiger partial charge in [0, 0.05) is 5.92 Å². The molecule has 35 heavy (non-hydrogen) atoms. The maximum Gasteiger partial charge on any atom is 0.138 e. The van der Waals surface area contributed by atoms with Gasteiger partial charge in [-0.3, -0.25) is 4.79 Å². The Morgan fingerprint density at radius 2 is 0.829 bits per heavy atom. The van der Waals surface area contributed by atoms with Gasteiger partial charge in [0.2, 0.25) is 0 Å². The SMILES string of the molecule is CC(=O)C(C)C=C([Si](C)(c1ccccc1)c1ccccc1)[Si](C)(c1ccccc1)c1ccccc1. The number of ketones is 1. The molecule has 0 fully saturated rings. The van der Waals surface area contributed by atoms with Gasteiger partial charge in [0.1, 0.15) is 21.9 Å². The summed E-state index contributed by atoms with van der Waals surface area (Å²) in [6, 6.07) is 43.9. The molecule has 0 aromatic heterocycles. The zero-order valence-electron chi connectivity index (χ0n) is 21.1. The van der Waals surface area contributed by atoms with E-state index in [2.05, 4.69) is 147 Å². The van der Waals surface area contributed by atoms with Crippen molar-refractivity contribution >= 4 is 42.7 Å². The van der Waals surface area contributed by atoms with Gasteiger partial charge < -0.3 is 0 Å². The highest BCUT2D eigenvalue weighted by Gasteiger charge is 2.48. The highest BCUT2D eigenvalue weighted by molar-refractivity contribution is 7.24. The van der Waals surface area contributed by atoms with Crippen LogP contribution in [0.4, 0.5) is 0 Å². The van der Waals surface area contributed by atoms with E-state index in [-0.39, 0.29) is 11.7 Å². The number of Topliss-reactive ketones (excluding diaryl/α,β-unsaturated/α-hetero) is 1. The van der Waals surface area contributed by atoms with Gasteiger partial charge in [0.05, 0.1) is 0 Å². The van der Waals surface area contributed by atoms with Crippen LogP contribution in [-0.2, 0) is 4.79 Å². The molecule has 0 N–H and O–H groups in total. The summed E-state index contributed by atoms with van der Waals surface area (Å²) in [6.45, 7) is 8.73. The van der Waals surface area contributed by atoms with Crippen LogP contribution in [0.3, 0.4) is 0 Å². The fraction of sp³-hybridized carbons (Fsp3) is 0.156. The Morgan fingerprint density at radius 1 is 0.571 bits per heavy atom. The first-order chi connectivity index (χ1) is 16.9. The van der Waals surface area contributed by atoms with Gasteiger partial charge in [-0.1, -0.05) is 173 Å². The lowest BCUT2D eigenvalue weighted by Crippen LogP contribution is -2.70. The van der Waals surface area contributed by atoms with E-state index < -0.39 is 16.1 Å². The smallest absolute Gasteiger partial charge is 0.138 e. The van der Waals surface area contributed by atoms with E-state index in [1.807, 2.05) is 0 Å². The summed E-state index contributed by atoms with van der Waals surface area (Å²) in [4.78, 5) is 14.1. The minimum Gasteiger partial charge on any atom is -0.299 e. The summed E-state index contributed by atoms with van der Waals surface area (Å²) in [6.07, 6.45) is 2.35. The number of hydrogen-bond acceptors (Lipinski definition) is 1. The second kappa shape index (κ2) is 10.6. The standard InChI is InChI=1S/C32H34OSi2/c1-26(27(2)33)25-32(34(3,28-17-9-5-10-18-28)29-19-11-6-12-20-29)35(4,30-21-13-7-14-22-30)31-23-15-8-16-24-31/h5-26H,1-4H3. The highest BCUT2D eigenvalue weighted by Crippen LogP contribution is 2.28. The van der Waals surface area contributed by atoms with E-state index in [0.29, 0.717) is 0 Å². The average molecular weight is 491 g/mol. The molecule has 4 aromatic rings. The molecule has 0 saturated carbocycles. The molecular formula is C32H34OSi2. The van der Waals surface area contributed by atoms with Gasteiger partial charge in [-0.2, -0.15) is 0 Å². The van der Waals surface area contributed by atoms with E-state index in [4.69, 9.17) is 0 Å². The molecule has 1 unspecified atom stereocenters. The van der Waals surface area contributed by atoms with Crippen LogP contribution in [0.15, 0.2) is 132 Å². The van der Waals surface area contributed by atoms with E-state index in [0.717, 1.165) is 0 Å². The van der Waals surface area contributed by atoms with Crippen molar-refractivity contribution in [2.24, 2.45) is 5.92 Å². The molecule has 0 radical (unpaired) electrons. The van der Waals surface area contributed by atoms with Crippen LogP contribution in [0.2, 0.25) is 13.1 Å². The minimum atomic E-state index is -2.47. The van der Waals surface area contributed by atoms with Crippen LogP contribution in [0, 0.1) is 5.92 Å². The van der Waals surface area contributed by atoms with Gasteiger partial charge in [0.25, 0.3) is 0 Å². The fourth-order valence-corrected chi connectivity index (χ4v) is 17.5. The lowest BCUT2D eigenvalue weighted by atomic mass is 10.1. The molecule has 0 heterocycles. The Labute approximate surface area is 212 Å². The molecule has 0 aliphatic heterocycles. The molecule has 176 valence electrons. The lowest BCUT2D eigenvalue weighted by Gasteiger charge is -2.43. The summed E-state index contributed by atoms with van der Waals surface area (Å²) in [5.41, 5.74) is 0. The summed E-state index contributed by atoms with van der Waals surface area (Å²) >= 11 is 0. The van der Waals surface area contributed by atoms with Crippen molar-refractivity contribution in [2.75, 3.05) is 0 Å². The van der Waals surface area contributed by atoms with E-state index >= 15 is 0 Å². The number of carbonyl (C=O) groups excluding carboxylic acids is 1. The molecule has 0 aliphatic rings. The monoisotopic (exact) mass is 490 g/mol. The molecule has 4 aromatic carbocycles. The van der Waals surface area contributed by atoms with Crippen LogP contribution in [0.25, 0.3) is 0 Å². The van der Waals surface area contributed by atoms with Crippen molar-refractivity contribution in [1.82, 2.24) is 0 Å².